The molecular weight excluding hydrogens is 915 g/mol. The fourth-order valence-electron chi connectivity index (χ4n) is 10.9. The Morgan fingerprint density at radius 3 is 1.01 bits per heavy atom. The van der Waals surface area contributed by atoms with E-state index in [1.807, 2.05) is 0 Å². The molecule has 73 heavy (non-hydrogen) atoms. The van der Waals surface area contributed by atoms with Crippen LogP contribution in [0, 0.1) is 0 Å². The minimum absolute atomic E-state index is 0.250. The topological polar surface area (TPSA) is 169 Å². The first-order valence-electron chi connectivity index (χ1n) is 32.3. The lowest BCUT2D eigenvalue weighted by Gasteiger charge is -2.40. The van der Waals surface area contributed by atoms with E-state index in [9.17, 15) is 35.4 Å². The third kappa shape index (κ3) is 41.9. The number of carbonyl (C=O) groups excluding carboxylic acids is 1. The molecule has 2 unspecified atom stereocenters. The van der Waals surface area contributed by atoms with Gasteiger partial charge in [-0.2, -0.15) is 0 Å². The highest BCUT2D eigenvalue weighted by Crippen LogP contribution is 2.24. The van der Waals surface area contributed by atoms with E-state index >= 15 is 0 Å². The summed E-state index contributed by atoms with van der Waals surface area (Å²) in [7, 11) is 0. The van der Waals surface area contributed by atoms with Gasteiger partial charge in [-0.15, -0.1) is 0 Å². The second-order valence-corrected chi connectivity index (χ2v) is 23.1. The van der Waals surface area contributed by atoms with Crippen LogP contribution in [0.4, 0.5) is 0 Å². The van der Waals surface area contributed by atoms with Gasteiger partial charge in [0.2, 0.25) is 5.91 Å². The second-order valence-electron chi connectivity index (χ2n) is 23.1. The quantitative estimate of drug-likeness (QED) is 0.0293. The molecule has 8 atom stereocenters. The Hall–Kier alpha value is -0.850. The Labute approximate surface area is 451 Å². The van der Waals surface area contributed by atoms with Gasteiger partial charge in [0.05, 0.1) is 25.4 Å². The van der Waals surface area contributed by atoms with Crippen LogP contribution in [-0.2, 0) is 14.3 Å². The van der Waals surface area contributed by atoms with E-state index in [0.29, 0.717) is 6.42 Å². The molecule has 1 saturated heterocycles. The van der Waals surface area contributed by atoms with Crippen molar-refractivity contribution < 1.29 is 44.9 Å². The summed E-state index contributed by atoms with van der Waals surface area (Å²) in [6.07, 6.45) is 54.6. The van der Waals surface area contributed by atoms with Crippen molar-refractivity contribution >= 4 is 5.91 Å². The van der Waals surface area contributed by atoms with Gasteiger partial charge in [-0.1, -0.05) is 316 Å². The highest BCUT2D eigenvalue weighted by molar-refractivity contribution is 5.76. The average molecular weight is 1040 g/mol. The van der Waals surface area contributed by atoms with Crippen molar-refractivity contribution in [3.8, 4) is 0 Å². The van der Waals surface area contributed by atoms with Gasteiger partial charge in [0.1, 0.15) is 30.5 Å². The zero-order valence-electron chi connectivity index (χ0n) is 48.3. The number of amides is 1. The van der Waals surface area contributed by atoms with Crippen LogP contribution < -0.4 is 5.32 Å². The van der Waals surface area contributed by atoms with Crippen molar-refractivity contribution in [2.45, 2.75) is 384 Å². The molecule has 0 aromatic rings. The molecule has 0 aromatic carbocycles. The summed E-state index contributed by atoms with van der Waals surface area (Å²) in [5, 5.41) is 65.5. The summed E-state index contributed by atoms with van der Waals surface area (Å²) in [6.45, 7) is 3.65. The Morgan fingerprint density at radius 2 is 0.712 bits per heavy atom. The van der Waals surface area contributed by atoms with Gasteiger partial charge < -0.3 is 45.4 Å². The van der Waals surface area contributed by atoms with E-state index < -0.39 is 55.6 Å². The summed E-state index contributed by atoms with van der Waals surface area (Å²) in [5.74, 6) is -0.250. The SMILES string of the molecule is CCCCCCCCCCCCCCCCCCCCCCCCCCCCCCCCCCCCCCC(=O)N[C@@H](CO[C@@H]1O[C@H](CO)[C@H](O)C(O)C1O)[C@H](O)[C@H](O)CCCCCCCCCCCCCC. The molecule has 436 valence electrons. The number of nitrogens with one attached hydrogen (secondary N) is 1. The van der Waals surface area contributed by atoms with E-state index in [2.05, 4.69) is 19.2 Å². The molecule has 0 aromatic heterocycles. The number of aliphatic hydroxyl groups excluding tert-OH is 6. The van der Waals surface area contributed by atoms with E-state index in [0.717, 1.165) is 38.5 Å². The number of unbranched alkanes of at least 4 members (excludes halogenated alkanes) is 46. The fraction of sp³-hybridized carbons (Fsp3) is 0.984. The molecule has 1 heterocycles. The van der Waals surface area contributed by atoms with Gasteiger partial charge in [0.25, 0.3) is 0 Å². The van der Waals surface area contributed by atoms with Crippen LogP contribution in [0.3, 0.4) is 0 Å². The van der Waals surface area contributed by atoms with Crippen molar-refractivity contribution in [3.63, 3.8) is 0 Å². The first-order chi connectivity index (χ1) is 35.8. The van der Waals surface area contributed by atoms with E-state index in [1.54, 1.807) is 0 Å². The number of carbonyl (C=O) groups is 1. The van der Waals surface area contributed by atoms with E-state index in [-0.39, 0.29) is 18.9 Å². The monoisotopic (exact) mass is 1040 g/mol. The minimum Gasteiger partial charge on any atom is -0.394 e. The maximum absolute atomic E-state index is 13.1. The summed E-state index contributed by atoms with van der Waals surface area (Å²) in [5.41, 5.74) is 0. The van der Waals surface area contributed by atoms with Gasteiger partial charge in [-0.3, -0.25) is 4.79 Å². The lowest BCUT2D eigenvalue weighted by Crippen LogP contribution is -2.60. The lowest BCUT2D eigenvalue weighted by molar-refractivity contribution is -0.303. The lowest BCUT2D eigenvalue weighted by atomic mass is 9.98. The van der Waals surface area contributed by atoms with Crippen molar-refractivity contribution in [3.05, 3.63) is 0 Å². The van der Waals surface area contributed by atoms with Crippen molar-refractivity contribution in [1.82, 2.24) is 5.32 Å². The van der Waals surface area contributed by atoms with Crippen molar-refractivity contribution in [1.29, 1.82) is 0 Å². The molecule has 0 radical (unpaired) electrons. The number of rotatable bonds is 57. The second kappa shape index (κ2) is 53.2. The Kier molecular flexibility index (Phi) is 51.1. The first-order valence-corrected chi connectivity index (χ1v) is 32.3. The molecular formula is C63H125NO9. The molecule has 0 aliphatic carbocycles. The molecule has 10 nitrogen and oxygen atoms in total. The molecule has 1 amide bonds. The molecule has 1 aliphatic rings. The summed E-state index contributed by atoms with van der Waals surface area (Å²) < 4.78 is 11.2. The van der Waals surface area contributed by atoms with Gasteiger partial charge in [0.15, 0.2) is 6.29 Å². The van der Waals surface area contributed by atoms with Crippen LogP contribution in [0.15, 0.2) is 0 Å². The zero-order chi connectivity index (χ0) is 53.1. The van der Waals surface area contributed by atoms with Gasteiger partial charge in [-0.25, -0.2) is 0 Å². The molecule has 7 N–H and O–H groups in total. The highest BCUT2D eigenvalue weighted by atomic mass is 16.7. The molecule has 1 fully saturated rings. The Balaban J connectivity index is 2.06. The molecule has 0 bridgehead atoms. The van der Waals surface area contributed by atoms with Crippen LogP contribution in [0.5, 0.6) is 0 Å². The summed E-state index contributed by atoms with van der Waals surface area (Å²) >= 11 is 0. The maximum Gasteiger partial charge on any atom is 0.220 e. The third-order valence-corrected chi connectivity index (χ3v) is 16.1. The van der Waals surface area contributed by atoms with E-state index in [1.165, 1.54) is 270 Å². The molecule has 0 saturated carbocycles. The molecule has 1 aliphatic heterocycles. The van der Waals surface area contributed by atoms with Crippen LogP contribution >= 0.6 is 0 Å². The van der Waals surface area contributed by atoms with Gasteiger partial charge in [-0.05, 0) is 12.8 Å². The summed E-state index contributed by atoms with van der Waals surface area (Å²) in [6, 6.07) is -0.986. The van der Waals surface area contributed by atoms with E-state index in [4.69, 9.17) is 9.47 Å². The summed E-state index contributed by atoms with van der Waals surface area (Å²) in [4.78, 5) is 13.1. The molecule has 10 heteroatoms. The smallest absolute Gasteiger partial charge is 0.220 e. The largest absolute Gasteiger partial charge is 0.394 e. The van der Waals surface area contributed by atoms with Gasteiger partial charge in [0, 0.05) is 6.42 Å². The van der Waals surface area contributed by atoms with Crippen LogP contribution in [-0.4, -0.2) is 98.7 Å². The maximum atomic E-state index is 13.1. The highest BCUT2D eigenvalue weighted by Gasteiger charge is 2.44. The van der Waals surface area contributed by atoms with Crippen LogP contribution in [0.1, 0.15) is 335 Å². The predicted octanol–water partition coefficient (Wildman–Crippen LogP) is 15.6. The number of hydrogen-bond acceptors (Lipinski definition) is 9. The van der Waals surface area contributed by atoms with Crippen LogP contribution in [0.2, 0.25) is 0 Å². The standard InChI is InChI=1S/C63H125NO9/c1-3-5-7-9-11-13-15-17-18-19-20-21-22-23-24-25-26-27-28-29-30-31-32-33-34-35-36-37-38-39-40-42-44-46-48-50-52-58(67)64-55(54-72-63-62(71)61(70)60(69)57(53-65)73-63)59(68)56(66)51-49-47-45-43-41-16-14-12-10-8-6-4-2/h55-57,59-63,65-66,68-71H,3-54H2,1-2H3,(H,64,67)/t55-,56+,57+,59-,60-,61?,62?,63+/m0/s1. The number of aliphatic hydroxyl groups is 6. The normalized spacial score (nSPS) is 19.4. The van der Waals surface area contributed by atoms with Gasteiger partial charge >= 0.3 is 0 Å². The first kappa shape index (κ1) is 70.2. The molecule has 1 rings (SSSR count). The van der Waals surface area contributed by atoms with Crippen LogP contribution in [0.25, 0.3) is 0 Å². The number of ether oxygens (including phenoxy) is 2. The predicted molar refractivity (Wildman–Crippen MR) is 306 cm³/mol. The zero-order valence-corrected chi connectivity index (χ0v) is 48.3. The average Bonchev–Trinajstić information content (AvgIpc) is 3.39. The van der Waals surface area contributed by atoms with Crippen molar-refractivity contribution in [2.24, 2.45) is 0 Å². The third-order valence-electron chi connectivity index (χ3n) is 16.1. The number of hydrogen-bond donors (Lipinski definition) is 7. The minimum atomic E-state index is -1.60. The fourth-order valence-corrected chi connectivity index (χ4v) is 10.9. The van der Waals surface area contributed by atoms with Crippen molar-refractivity contribution in [2.75, 3.05) is 13.2 Å². The Bertz CT molecular complexity index is 1130. The molecule has 0 spiro atoms. The Morgan fingerprint density at radius 1 is 0.425 bits per heavy atom.